The van der Waals surface area contributed by atoms with E-state index < -0.39 is 11.4 Å². The molecule has 0 heterocycles. The normalized spacial score (nSPS) is 17.0. The maximum absolute atomic E-state index is 11.9. The van der Waals surface area contributed by atoms with Crippen molar-refractivity contribution in [2.45, 2.75) is 52.4 Å². The first-order chi connectivity index (χ1) is 8.93. The number of nitrogens with one attached hydrogen (secondary N) is 1. The first-order valence-corrected chi connectivity index (χ1v) is 7.04. The first kappa shape index (κ1) is 16.0. The Hall–Kier alpha value is -1.10. The summed E-state index contributed by atoms with van der Waals surface area (Å²) in [6.07, 6.45) is 3.70. The molecule has 1 amide bonds. The minimum absolute atomic E-state index is 0.0323. The standard InChI is InChI=1S/C14H25NO4/c1-3-14(4-2,12(18)19)9-11(17)15-10-13(5-6-13)7-8-16/h16H,3-10H2,1-2H3,(H,15,17)(H,18,19). The zero-order chi connectivity index (χ0) is 14.5. The molecule has 5 nitrogen and oxygen atoms in total. The lowest BCUT2D eigenvalue weighted by atomic mass is 9.79. The highest BCUT2D eigenvalue weighted by atomic mass is 16.4. The van der Waals surface area contributed by atoms with E-state index in [1.54, 1.807) is 13.8 Å². The van der Waals surface area contributed by atoms with Crippen LogP contribution in [0, 0.1) is 10.8 Å². The van der Waals surface area contributed by atoms with Crippen LogP contribution >= 0.6 is 0 Å². The molecule has 1 fully saturated rings. The van der Waals surface area contributed by atoms with Crippen LogP contribution in [0.2, 0.25) is 0 Å². The molecule has 0 unspecified atom stereocenters. The summed E-state index contributed by atoms with van der Waals surface area (Å²) in [6, 6.07) is 0. The summed E-state index contributed by atoms with van der Waals surface area (Å²) in [6.45, 7) is 4.30. The van der Waals surface area contributed by atoms with Gasteiger partial charge in [-0.1, -0.05) is 13.8 Å². The molecule has 1 aliphatic carbocycles. The third-order valence-corrected chi connectivity index (χ3v) is 4.57. The fourth-order valence-corrected chi connectivity index (χ4v) is 2.46. The van der Waals surface area contributed by atoms with Gasteiger partial charge in [-0.05, 0) is 37.5 Å². The van der Waals surface area contributed by atoms with Gasteiger partial charge >= 0.3 is 5.97 Å². The maximum atomic E-state index is 11.9. The Kier molecular flexibility index (Phi) is 5.35. The molecule has 0 aromatic carbocycles. The summed E-state index contributed by atoms with van der Waals surface area (Å²) in [5.41, 5.74) is -0.882. The number of carbonyl (C=O) groups excluding carboxylic acids is 1. The van der Waals surface area contributed by atoms with Crippen LogP contribution in [-0.4, -0.2) is 35.2 Å². The van der Waals surface area contributed by atoms with Gasteiger partial charge in [0.15, 0.2) is 0 Å². The molecule has 0 atom stereocenters. The Balaban J connectivity index is 2.48. The van der Waals surface area contributed by atoms with E-state index in [-0.39, 0.29) is 24.3 Å². The molecule has 0 bridgehead atoms. The Morgan fingerprint density at radius 1 is 1.26 bits per heavy atom. The first-order valence-electron chi connectivity index (χ1n) is 7.04. The quantitative estimate of drug-likeness (QED) is 0.594. The van der Waals surface area contributed by atoms with Crippen LogP contribution in [-0.2, 0) is 9.59 Å². The van der Waals surface area contributed by atoms with Gasteiger partial charge in [-0.2, -0.15) is 0 Å². The van der Waals surface area contributed by atoms with Gasteiger partial charge in [-0.3, -0.25) is 9.59 Å². The minimum atomic E-state index is -0.947. The molecule has 5 heteroatoms. The van der Waals surface area contributed by atoms with Crippen LogP contribution in [0.25, 0.3) is 0 Å². The molecule has 1 rings (SSSR count). The lowest BCUT2D eigenvalue weighted by Crippen LogP contribution is -2.38. The average molecular weight is 271 g/mol. The van der Waals surface area contributed by atoms with Gasteiger partial charge in [-0.15, -0.1) is 0 Å². The smallest absolute Gasteiger partial charge is 0.310 e. The van der Waals surface area contributed by atoms with E-state index in [2.05, 4.69) is 5.32 Å². The Labute approximate surface area is 114 Å². The topological polar surface area (TPSA) is 86.6 Å². The summed E-state index contributed by atoms with van der Waals surface area (Å²) in [5, 5.41) is 21.1. The van der Waals surface area contributed by atoms with Crippen molar-refractivity contribution in [1.29, 1.82) is 0 Å². The highest BCUT2D eigenvalue weighted by Gasteiger charge is 2.43. The predicted molar refractivity (Wildman–Crippen MR) is 71.6 cm³/mol. The van der Waals surface area contributed by atoms with Gasteiger partial charge in [-0.25, -0.2) is 0 Å². The Bertz CT molecular complexity index is 332. The van der Waals surface area contributed by atoms with Crippen molar-refractivity contribution < 1.29 is 19.8 Å². The molecule has 0 saturated heterocycles. The number of amides is 1. The number of rotatable bonds is 9. The Morgan fingerprint density at radius 3 is 2.21 bits per heavy atom. The predicted octanol–water partition coefficient (Wildman–Crippen LogP) is 1.55. The lowest BCUT2D eigenvalue weighted by Gasteiger charge is -2.26. The zero-order valence-electron chi connectivity index (χ0n) is 11.9. The molecule has 0 radical (unpaired) electrons. The van der Waals surface area contributed by atoms with Gasteiger partial charge in [0.2, 0.25) is 5.91 Å². The summed E-state index contributed by atoms with van der Waals surface area (Å²) in [4.78, 5) is 23.2. The second-order valence-corrected chi connectivity index (χ2v) is 5.72. The lowest BCUT2D eigenvalue weighted by molar-refractivity contribution is -0.152. The van der Waals surface area contributed by atoms with E-state index >= 15 is 0 Å². The molecule has 19 heavy (non-hydrogen) atoms. The van der Waals surface area contributed by atoms with Crippen LogP contribution in [0.1, 0.15) is 52.4 Å². The van der Waals surface area contributed by atoms with E-state index in [0.717, 1.165) is 12.8 Å². The summed E-state index contributed by atoms with van der Waals surface area (Å²) in [7, 11) is 0. The number of aliphatic carboxylic acids is 1. The fraction of sp³-hybridized carbons (Fsp3) is 0.857. The fourth-order valence-electron chi connectivity index (χ4n) is 2.46. The van der Waals surface area contributed by atoms with Crippen molar-refractivity contribution in [2.75, 3.05) is 13.2 Å². The second-order valence-electron chi connectivity index (χ2n) is 5.72. The number of carboxylic acids is 1. The van der Waals surface area contributed by atoms with Gasteiger partial charge in [0.25, 0.3) is 0 Å². The van der Waals surface area contributed by atoms with Crippen molar-refractivity contribution in [3.63, 3.8) is 0 Å². The zero-order valence-corrected chi connectivity index (χ0v) is 11.9. The third-order valence-electron chi connectivity index (χ3n) is 4.57. The molecular weight excluding hydrogens is 246 g/mol. The van der Waals surface area contributed by atoms with Crippen molar-refractivity contribution in [3.05, 3.63) is 0 Å². The number of hydrogen-bond acceptors (Lipinski definition) is 3. The van der Waals surface area contributed by atoms with Crippen molar-refractivity contribution in [1.82, 2.24) is 5.32 Å². The molecule has 0 aromatic heterocycles. The van der Waals surface area contributed by atoms with E-state index in [0.29, 0.717) is 25.8 Å². The van der Waals surface area contributed by atoms with Crippen LogP contribution in [0.3, 0.4) is 0 Å². The molecule has 0 aliphatic heterocycles. The van der Waals surface area contributed by atoms with Gasteiger partial charge in [0.1, 0.15) is 0 Å². The minimum Gasteiger partial charge on any atom is -0.481 e. The number of carboxylic acid groups (broad SMARTS) is 1. The molecule has 0 spiro atoms. The van der Waals surface area contributed by atoms with Crippen LogP contribution < -0.4 is 5.32 Å². The highest BCUT2D eigenvalue weighted by molar-refractivity contribution is 5.84. The van der Waals surface area contributed by atoms with Crippen molar-refractivity contribution >= 4 is 11.9 Å². The van der Waals surface area contributed by atoms with E-state index in [9.17, 15) is 14.7 Å². The van der Waals surface area contributed by atoms with Crippen molar-refractivity contribution in [3.8, 4) is 0 Å². The van der Waals surface area contributed by atoms with Crippen LogP contribution in [0.5, 0.6) is 0 Å². The number of aliphatic hydroxyl groups is 1. The molecule has 1 saturated carbocycles. The largest absolute Gasteiger partial charge is 0.481 e. The maximum Gasteiger partial charge on any atom is 0.310 e. The van der Waals surface area contributed by atoms with Gasteiger partial charge in [0.05, 0.1) is 5.41 Å². The van der Waals surface area contributed by atoms with Crippen LogP contribution in [0.15, 0.2) is 0 Å². The summed E-state index contributed by atoms with van der Waals surface area (Å²) >= 11 is 0. The van der Waals surface area contributed by atoms with E-state index in [4.69, 9.17) is 5.11 Å². The SMILES string of the molecule is CCC(CC)(CC(=O)NCC1(CCO)CC1)C(=O)O. The molecule has 0 aromatic rings. The third kappa shape index (κ3) is 3.93. The van der Waals surface area contributed by atoms with E-state index in [1.807, 2.05) is 0 Å². The van der Waals surface area contributed by atoms with Gasteiger partial charge in [0, 0.05) is 19.6 Å². The number of aliphatic hydroxyl groups excluding tert-OH is 1. The molecule has 1 aliphatic rings. The average Bonchev–Trinajstić information content (AvgIpc) is 3.14. The second kappa shape index (κ2) is 6.37. The van der Waals surface area contributed by atoms with Crippen molar-refractivity contribution in [2.24, 2.45) is 10.8 Å². The highest BCUT2D eigenvalue weighted by Crippen LogP contribution is 2.48. The molecular formula is C14H25NO4. The Morgan fingerprint density at radius 2 is 1.84 bits per heavy atom. The molecule has 110 valence electrons. The number of carbonyl (C=O) groups is 2. The molecule has 3 N–H and O–H groups in total. The number of hydrogen-bond donors (Lipinski definition) is 3. The monoisotopic (exact) mass is 271 g/mol. The van der Waals surface area contributed by atoms with E-state index in [1.165, 1.54) is 0 Å². The van der Waals surface area contributed by atoms with Gasteiger partial charge < -0.3 is 15.5 Å². The summed E-state index contributed by atoms with van der Waals surface area (Å²) in [5.74, 6) is -1.10. The van der Waals surface area contributed by atoms with Crippen LogP contribution in [0.4, 0.5) is 0 Å². The summed E-state index contributed by atoms with van der Waals surface area (Å²) < 4.78 is 0.